The van der Waals surface area contributed by atoms with Gasteiger partial charge in [-0.2, -0.15) is 5.10 Å². The van der Waals surface area contributed by atoms with E-state index in [-0.39, 0.29) is 12.1 Å². The molecule has 1 aliphatic heterocycles. The van der Waals surface area contributed by atoms with Crippen LogP contribution in [0.1, 0.15) is 38.3 Å². The number of benzene rings is 2. The van der Waals surface area contributed by atoms with Gasteiger partial charge in [0, 0.05) is 66.0 Å². The lowest BCUT2D eigenvalue weighted by atomic mass is 10.00. The van der Waals surface area contributed by atoms with Crippen molar-refractivity contribution in [2.75, 3.05) is 32.5 Å². The van der Waals surface area contributed by atoms with Gasteiger partial charge in [-0.05, 0) is 81.7 Å². The smallest absolute Gasteiger partial charge is 0.321 e. The fourth-order valence-electron chi connectivity index (χ4n) is 5.47. The summed E-state index contributed by atoms with van der Waals surface area (Å²) in [6.45, 7) is 6.82. The number of carbonyl (C=O) groups is 1. The van der Waals surface area contributed by atoms with Crippen LogP contribution < -0.4 is 5.32 Å². The lowest BCUT2D eigenvalue weighted by molar-refractivity contribution is 0.222. The number of carbonyl (C=O) groups excluding carboxylic acids is 1. The van der Waals surface area contributed by atoms with Crippen molar-refractivity contribution in [3.8, 4) is 33.6 Å². The monoisotopic (exact) mass is 547 g/mol. The van der Waals surface area contributed by atoms with E-state index in [0.717, 1.165) is 82.8 Å². The maximum atomic E-state index is 12.6. The first-order valence-corrected chi connectivity index (χ1v) is 14.3. The van der Waals surface area contributed by atoms with Gasteiger partial charge in [0.25, 0.3) is 0 Å². The molecule has 2 N–H and O–H groups in total. The molecule has 1 aliphatic rings. The Kier molecular flexibility index (Phi) is 7.32. The number of rotatable bonds is 7. The van der Waals surface area contributed by atoms with Gasteiger partial charge in [0.1, 0.15) is 11.3 Å². The Morgan fingerprint density at radius 2 is 1.68 bits per heavy atom. The first kappa shape index (κ1) is 26.8. The number of hydrogen-bond donors (Lipinski definition) is 2. The van der Waals surface area contributed by atoms with Gasteiger partial charge in [-0.1, -0.05) is 36.4 Å². The Labute approximate surface area is 241 Å². The number of hydrogen-bond acceptors (Lipinski definition) is 4. The van der Waals surface area contributed by atoms with E-state index in [4.69, 9.17) is 5.10 Å². The number of aromatic amines is 1. The molecule has 5 aromatic rings. The van der Waals surface area contributed by atoms with Crippen LogP contribution >= 0.6 is 0 Å². The number of aromatic nitrogens is 4. The Morgan fingerprint density at radius 3 is 2.37 bits per heavy atom. The molecule has 8 heteroatoms. The molecule has 4 heterocycles. The standard InChI is InChI=1S/C33H37N7O/c1-22(2)40-21-29(31(37-40)25-11-13-26(14-12-25)35-33(41)39-17-5-6-18-39)27-15-16-34-32-28(27)19-30(36-32)24-9-7-23(8-10-24)20-38(3)4/h7-16,19,21-22H,5-6,17-18,20H2,1-4H3,(H,34,36)(H,35,41). The average Bonchev–Trinajstić information content (AvgIpc) is 3.73. The van der Waals surface area contributed by atoms with E-state index >= 15 is 0 Å². The molecule has 0 bridgehead atoms. The highest BCUT2D eigenvalue weighted by molar-refractivity contribution is 5.99. The Hall–Kier alpha value is -4.43. The molecule has 0 saturated carbocycles. The molecule has 41 heavy (non-hydrogen) atoms. The van der Waals surface area contributed by atoms with Gasteiger partial charge in [0.2, 0.25) is 0 Å². The van der Waals surface area contributed by atoms with E-state index < -0.39 is 0 Å². The van der Waals surface area contributed by atoms with Crippen molar-refractivity contribution in [1.82, 2.24) is 29.5 Å². The quantitative estimate of drug-likeness (QED) is 0.229. The number of nitrogens with zero attached hydrogens (tertiary/aromatic N) is 5. The van der Waals surface area contributed by atoms with Gasteiger partial charge in [0.05, 0.1) is 0 Å². The molecule has 2 aromatic carbocycles. The van der Waals surface area contributed by atoms with E-state index in [1.165, 1.54) is 5.56 Å². The van der Waals surface area contributed by atoms with Crippen LogP contribution in [0.15, 0.2) is 73.1 Å². The molecule has 210 valence electrons. The maximum Gasteiger partial charge on any atom is 0.321 e. The van der Waals surface area contributed by atoms with E-state index in [1.807, 2.05) is 40.0 Å². The van der Waals surface area contributed by atoms with E-state index in [2.05, 4.69) is 90.7 Å². The lowest BCUT2D eigenvalue weighted by Crippen LogP contribution is -2.32. The fraction of sp³-hybridized carbons (Fsp3) is 0.303. The van der Waals surface area contributed by atoms with Crippen molar-refractivity contribution in [1.29, 1.82) is 0 Å². The van der Waals surface area contributed by atoms with Crippen molar-refractivity contribution in [2.24, 2.45) is 0 Å². The van der Waals surface area contributed by atoms with Crippen molar-refractivity contribution >= 4 is 22.8 Å². The average molecular weight is 548 g/mol. The minimum Gasteiger partial charge on any atom is -0.339 e. The van der Waals surface area contributed by atoms with Crippen LogP contribution in [-0.4, -0.2) is 62.8 Å². The second kappa shape index (κ2) is 11.2. The second-order valence-corrected chi connectivity index (χ2v) is 11.4. The zero-order valence-corrected chi connectivity index (χ0v) is 24.2. The third-order valence-electron chi connectivity index (χ3n) is 7.65. The summed E-state index contributed by atoms with van der Waals surface area (Å²) in [7, 11) is 4.16. The largest absolute Gasteiger partial charge is 0.339 e. The Bertz CT molecular complexity index is 1660. The number of nitrogens with one attached hydrogen (secondary N) is 2. The highest BCUT2D eigenvalue weighted by atomic mass is 16.2. The van der Waals surface area contributed by atoms with Crippen molar-refractivity contribution in [2.45, 2.75) is 39.3 Å². The van der Waals surface area contributed by atoms with Crippen LogP contribution in [0, 0.1) is 0 Å². The first-order chi connectivity index (χ1) is 19.9. The second-order valence-electron chi connectivity index (χ2n) is 11.4. The highest BCUT2D eigenvalue weighted by Gasteiger charge is 2.20. The summed E-state index contributed by atoms with van der Waals surface area (Å²) in [5, 5.41) is 9.09. The number of pyridine rings is 1. The minimum atomic E-state index is -0.0326. The highest BCUT2D eigenvalue weighted by Crippen LogP contribution is 2.37. The van der Waals surface area contributed by atoms with Gasteiger partial charge in [-0.15, -0.1) is 0 Å². The van der Waals surface area contributed by atoms with Crippen LogP contribution in [0.3, 0.4) is 0 Å². The van der Waals surface area contributed by atoms with Crippen molar-refractivity contribution < 1.29 is 4.79 Å². The minimum absolute atomic E-state index is 0.0326. The fourth-order valence-corrected chi connectivity index (χ4v) is 5.47. The molecule has 0 aliphatic carbocycles. The van der Waals surface area contributed by atoms with Crippen molar-refractivity contribution in [3.63, 3.8) is 0 Å². The Morgan fingerprint density at radius 1 is 0.976 bits per heavy atom. The maximum absolute atomic E-state index is 12.6. The van der Waals surface area contributed by atoms with Crippen LogP contribution in [0.25, 0.3) is 44.7 Å². The summed E-state index contributed by atoms with van der Waals surface area (Å²) in [5.74, 6) is 0. The molecular formula is C33H37N7O. The van der Waals surface area contributed by atoms with E-state index in [9.17, 15) is 4.79 Å². The molecule has 2 amide bonds. The summed E-state index contributed by atoms with van der Waals surface area (Å²) in [6.07, 6.45) is 6.12. The normalized spacial score (nSPS) is 13.6. The molecule has 6 rings (SSSR count). The summed E-state index contributed by atoms with van der Waals surface area (Å²) in [4.78, 5) is 24.8. The molecular weight excluding hydrogens is 510 g/mol. The van der Waals surface area contributed by atoms with Gasteiger partial charge >= 0.3 is 6.03 Å². The van der Waals surface area contributed by atoms with Crippen LogP contribution in [0.5, 0.6) is 0 Å². The number of amides is 2. The van der Waals surface area contributed by atoms with Crippen LogP contribution in [0.4, 0.5) is 10.5 Å². The van der Waals surface area contributed by atoms with E-state index in [1.54, 1.807) is 0 Å². The van der Waals surface area contributed by atoms with Crippen LogP contribution in [0.2, 0.25) is 0 Å². The van der Waals surface area contributed by atoms with E-state index in [0.29, 0.717) is 0 Å². The third kappa shape index (κ3) is 5.60. The SMILES string of the molecule is CC(C)n1cc(-c2ccnc3[nH]c(-c4ccc(CN(C)C)cc4)cc23)c(-c2ccc(NC(=O)N3CCCC3)cc2)n1. The number of fused-ring (bicyclic) bond motifs is 1. The predicted octanol–water partition coefficient (Wildman–Crippen LogP) is 7.03. The van der Waals surface area contributed by atoms with Crippen molar-refractivity contribution in [3.05, 3.63) is 78.6 Å². The topological polar surface area (TPSA) is 82.1 Å². The molecule has 8 nitrogen and oxygen atoms in total. The molecule has 1 fully saturated rings. The summed E-state index contributed by atoms with van der Waals surface area (Å²) < 4.78 is 2.01. The van der Waals surface area contributed by atoms with Gasteiger partial charge in [-0.3, -0.25) is 4.68 Å². The summed E-state index contributed by atoms with van der Waals surface area (Å²) >= 11 is 0. The zero-order valence-electron chi connectivity index (χ0n) is 24.2. The first-order valence-electron chi connectivity index (χ1n) is 14.3. The third-order valence-corrected chi connectivity index (χ3v) is 7.65. The van der Waals surface area contributed by atoms with Gasteiger partial charge in [0.15, 0.2) is 0 Å². The van der Waals surface area contributed by atoms with Gasteiger partial charge < -0.3 is 20.1 Å². The number of H-pyrrole nitrogens is 1. The summed E-state index contributed by atoms with van der Waals surface area (Å²) in [6, 6.07) is 21.1. The van der Waals surface area contributed by atoms with Crippen LogP contribution in [-0.2, 0) is 6.54 Å². The Balaban J connectivity index is 1.34. The number of anilines is 1. The molecule has 3 aromatic heterocycles. The van der Waals surface area contributed by atoms with Gasteiger partial charge in [-0.25, -0.2) is 9.78 Å². The molecule has 0 atom stereocenters. The molecule has 1 saturated heterocycles. The zero-order chi connectivity index (χ0) is 28.5. The number of likely N-dealkylation sites (tertiary alicyclic amines) is 1. The molecule has 0 radical (unpaired) electrons. The molecule has 0 spiro atoms. The predicted molar refractivity (Wildman–Crippen MR) is 166 cm³/mol. The lowest BCUT2D eigenvalue weighted by Gasteiger charge is -2.16. The molecule has 0 unspecified atom stereocenters. The summed E-state index contributed by atoms with van der Waals surface area (Å²) in [5.41, 5.74) is 9.10. The number of urea groups is 1.